The fraction of sp³-hybridized carbons (Fsp3) is 0.538. The highest BCUT2D eigenvalue weighted by Gasteiger charge is 2.22. The third-order valence-corrected chi connectivity index (χ3v) is 3.32. The molecule has 0 aromatic carbocycles. The van der Waals surface area contributed by atoms with Gasteiger partial charge in [-0.3, -0.25) is 9.78 Å². The van der Waals surface area contributed by atoms with Crippen LogP contribution in [0.2, 0.25) is 0 Å². The summed E-state index contributed by atoms with van der Waals surface area (Å²) >= 11 is 0. The molecule has 0 atom stereocenters. The quantitative estimate of drug-likeness (QED) is 0.856. The highest BCUT2D eigenvalue weighted by molar-refractivity contribution is 5.94. The lowest BCUT2D eigenvalue weighted by molar-refractivity contribution is 0.0757. The molecule has 1 aromatic rings. The Bertz CT molecular complexity index is 440. The van der Waals surface area contributed by atoms with Gasteiger partial charge < -0.3 is 15.5 Å². The number of hydrogen-bond acceptors (Lipinski definition) is 4. The van der Waals surface area contributed by atoms with E-state index in [-0.39, 0.29) is 11.5 Å². The topological polar surface area (TPSA) is 62.5 Å². The fourth-order valence-corrected chi connectivity index (χ4v) is 2.30. The van der Waals surface area contributed by atoms with Gasteiger partial charge in [-0.2, -0.15) is 0 Å². The second kappa shape index (κ2) is 6.58. The van der Waals surface area contributed by atoms with Gasteiger partial charge in [0.05, 0.1) is 11.8 Å². The van der Waals surface area contributed by atoms with Crippen LogP contribution in [0.15, 0.2) is 18.5 Å². The number of carbonyl (C=O) groups excluding carboxylic acids is 1. The number of hydrogen-bond donors (Lipinski definition) is 1. The molecule has 1 fully saturated rings. The summed E-state index contributed by atoms with van der Waals surface area (Å²) in [7, 11) is 0. The number of pyridine rings is 1. The van der Waals surface area contributed by atoms with Gasteiger partial charge in [0.1, 0.15) is 0 Å². The van der Waals surface area contributed by atoms with Crippen molar-refractivity contribution >= 4 is 5.91 Å². The number of nitrogens with two attached hydrogens (primary N) is 1. The van der Waals surface area contributed by atoms with Crippen molar-refractivity contribution in [2.24, 2.45) is 5.73 Å². The van der Waals surface area contributed by atoms with E-state index in [2.05, 4.69) is 9.88 Å². The van der Waals surface area contributed by atoms with Crippen LogP contribution in [0.1, 0.15) is 16.8 Å². The molecule has 5 nitrogen and oxygen atoms in total. The Morgan fingerprint density at radius 3 is 2.95 bits per heavy atom. The molecule has 104 valence electrons. The highest BCUT2D eigenvalue weighted by Crippen LogP contribution is 2.11. The zero-order valence-corrected chi connectivity index (χ0v) is 10.9. The van der Waals surface area contributed by atoms with Crippen molar-refractivity contribution in [1.82, 2.24) is 14.8 Å². The molecule has 0 aliphatic carbocycles. The first-order chi connectivity index (χ1) is 9.22. The largest absolute Gasteiger partial charge is 0.337 e. The predicted octanol–water partition coefficient (Wildman–Crippen LogP) is 0.327. The molecule has 0 saturated carbocycles. The maximum Gasteiger partial charge on any atom is 0.256 e. The van der Waals surface area contributed by atoms with Crippen LogP contribution in [0.4, 0.5) is 4.39 Å². The van der Waals surface area contributed by atoms with Gasteiger partial charge in [-0.1, -0.05) is 0 Å². The summed E-state index contributed by atoms with van der Waals surface area (Å²) in [5.74, 6) is -0.815. The molecule has 2 N–H and O–H groups in total. The normalized spacial score (nSPS) is 17.3. The van der Waals surface area contributed by atoms with Crippen molar-refractivity contribution in [1.29, 1.82) is 0 Å². The molecule has 2 heterocycles. The van der Waals surface area contributed by atoms with Crippen molar-refractivity contribution in [2.45, 2.75) is 6.42 Å². The molecule has 1 aromatic heterocycles. The van der Waals surface area contributed by atoms with E-state index in [1.165, 1.54) is 12.3 Å². The van der Waals surface area contributed by atoms with Crippen LogP contribution in [0.5, 0.6) is 0 Å². The second-order valence-corrected chi connectivity index (χ2v) is 4.63. The Balaban J connectivity index is 2.02. The van der Waals surface area contributed by atoms with Gasteiger partial charge in [0, 0.05) is 38.9 Å². The highest BCUT2D eigenvalue weighted by atomic mass is 19.1. The molecule has 0 unspecified atom stereocenters. The van der Waals surface area contributed by atoms with Gasteiger partial charge in [0.25, 0.3) is 5.91 Å². The molecule has 1 aliphatic rings. The molecular formula is C13H19FN4O. The third-order valence-electron chi connectivity index (χ3n) is 3.32. The van der Waals surface area contributed by atoms with Crippen molar-refractivity contribution in [3.05, 3.63) is 29.8 Å². The van der Waals surface area contributed by atoms with E-state index in [0.29, 0.717) is 19.6 Å². The van der Waals surface area contributed by atoms with E-state index >= 15 is 0 Å². The third kappa shape index (κ3) is 3.48. The van der Waals surface area contributed by atoms with Crippen LogP contribution in [0.25, 0.3) is 0 Å². The number of nitrogens with zero attached hydrogens (tertiary/aromatic N) is 3. The molecule has 1 aliphatic heterocycles. The average molecular weight is 266 g/mol. The van der Waals surface area contributed by atoms with E-state index in [1.807, 2.05) is 0 Å². The molecule has 1 amide bonds. The Hall–Kier alpha value is -1.53. The predicted molar refractivity (Wildman–Crippen MR) is 70.2 cm³/mol. The number of aromatic nitrogens is 1. The summed E-state index contributed by atoms with van der Waals surface area (Å²) in [6, 6.07) is 1.43. The van der Waals surface area contributed by atoms with E-state index in [1.54, 1.807) is 4.90 Å². The van der Waals surface area contributed by atoms with Crippen LogP contribution in [-0.2, 0) is 0 Å². The number of amides is 1. The SMILES string of the molecule is NCCN1CCCN(C(=O)c2ccncc2F)CC1. The summed E-state index contributed by atoms with van der Waals surface area (Å²) in [6.45, 7) is 4.44. The minimum Gasteiger partial charge on any atom is -0.337 e. The molecule has 0 bridgehead atoms. The van der Waals surface area contributed by atoms with E-state index < -0.39 is 5.82 Å². The van der Waals surface area contributed by atoms with E-state index in [9.17, 15) is 9.18 Å². The molecule has 1 saturated heterocycles. The molecule has 0 spiro atoms. The summed E-state index contributed by atoms with van der Waals surface area (Å²) in [6.07, 6.45) is 3.40. The molecular weight excluding hydrogens is 247 g/mol. The Labute approximate surface area is 112 Å². The number of rotatable bonds is 3. The first kappa shape index (κ1) is 13.9. The lowest BCUT2D eigenvalue weighted by atomic mass is 10.2. The van der Waals surface area contributed by atoms with Gasteiger partial charge in [-0.05, 0) is 19.0 Å². The van der Waals surface area contributed by atoms with Crippen LogP contribution in [-0.4, -0.2) is 60.0 Å². The van der Waals surface area contributed by atoms with Gasteiger partial charge in [-0.25, -0.2) is 4.39 Å². The Morgan fingerprint density at radius 2 is 2.21 bits per heavy atom. The van der Waals surface area contributed by atoms with Gasteiger partial charge in [-0.15, -0.1) is 0 Å². The van der Waals surface area contributed by atoms with Crippen molar-refractivity contribution in [3.63, 3.8) is 0 Å². The lowest BCUT2D eigenvalue weighted by Gasteiger charge is -2.21. The van der Waals surface area contributed by atoms with Crippen LogP contribution in [0.3, 0.4) is 0 Å². The smallest absolute Gasteiger partial charge is 0.256 e. The zero-order chi connectivity index (χ0) is 13.7. The fourth-order valence-electron chi connectivity index (χ4n) is 2.30. The Kier molecular flexibility index (Phi) is 4.81. The summed E-state index contributed by atoms with van der Waals surface area (Å²) in [5.41, 5.74) is 5.64. The first-order valence-corrected chi connectivity index (χ1v) is 6.53. The van der Waals surface area contributed by atoms with Crippen LogP contribution >= 0.6 is 0 Å². The van der Waals surface area contributed by atoms with Crippen molar-refractivity contribution in [2.75, 3.05) is 39.3 Å². The maximum absolute atomic E-state index is 13.6. The number of carbonyl (C=O) groups is 1. The average Bonchev–Trinajstić information content (AvgIpc) is 2.65. The maximum atomic E-state index is 13.6. The molecule has 0 radical (unpaired) electrons. The van der Waals surface area contributed by atoms with E-state index in [4.69, 9.17) is 5.73 Å². The first-order valence-electron chi connectivity index (χ1n) is 6.53. The summed E-state index contributed by atoms with van der Waals surface area (Å²) in [4.78, 5) is 19.8. The Morgan fingerprint density at radius 1 is 1.37 bits per heavy atom. The molecule has 2 rings (SSSR count). The van der Waals surface area contributed by atoms with Crippen molar-refractivity contribution < 1.29 is 9.18 Å². The molecule has 6 heteroatoms. The van der Waals surface area contributed by atoms with Crippen molar-refractivity contribution in [3.8, 4) is 0 Å². The standard InChI is InChI=1S/C13H19FN4O/c14-12-10-16-4-2-11(12)13(19)18-6-1-5-17(7-3-15)8-9-18/h2,4,10H,1,3,5-9,15H2. The minimum absolute atomic E-state index is 0.0993. The van der Waals surface area contributed by atoms with Crippen LogP contribution in [0, 0.1) is 5.82 Å². The summed E-state index contributed by atoms with van der Waals surface area (Å²) < 4.78 is 13.6. The van der Waals surface area contributed by atoms with E-state index in [0.717, 1.165) is 32.3 Å². The number of halogens is 1. The monoisotopic (exact) mass is 266 g/mol. The van der Waals surface area contributed by atoms with Gasteiger partial charge in [0.2, 0.25) is 0 Å². The molecule has 19 heavy (non-hydrogen) atoms. The summed E-state index contributed by atoms with van der Waals surface area (Å²) in [5, 5.41) is 0. The van der Waals surface area contributed by atoms with Gasteiger partial charge >= 0.3 is 0 Å². The van der Waals surface area contributed by atoms with Gasteiger partial charge in [0.15, 0.2) is 5.82 Å². The zero-order valence-electron chi connectivity index (χ0n) is 10.9. The lowest BCUT2D eigenvalue weighted by Crippen LogP contribution is -2.36. The van der Waals surface area contributed by atoms with Crippen LogP contribution < -0.4 is 5.73 Å². The second-order valence-electron chi connectivity index (χ2n) is 4.63. The minimum atomic E-state index is -0.560.